The van der Waals surface area contributed by atoms with Crippen LogP contribution in [-0.2, 0) is 9.53 Å². The molecule has 2 amide bonds. The smallest absolute Gasteiger partial charge is 0.410 e. The maximum absolute atomic E-state index is 12.4. The third-order valence-electron chi connectivity index (χ3n) is 7.58. The normalized spacial score (nSPS) is 17.0. The van der Waals surface area contributed by atoms with Crippen molar-refractivity contribution in [3.8, 4) is 22.9 Å². The number of pyridine rings is 1. The third kappa shape index (κ3) is 6.42. The summed E-state index contributed by atoms with van der Waals surface area (Å²) in [5, 5.41) is 20.4. The van der Waals surface area contributed by atoms with Crippen LogP contribution < -0.4 is 4.74 Å². The Labute approximate surface area is 245 Å². The average molecular weight is 572 g/mol. The number of hydrogen-bond acceptors (Lipinski definition) is 7. The number of carbonyl (C=O) groups excluding carboxylic acids is 2. The summed E-state index contributed by atoms with van der Waals surface area (Å²) >= 11 is 0. The van der Waals surface area contributed by atoms with Crippen LogP contribution in [0.15, 0.2) is 42.7 Å². The summed E-state index contributed by atoms with van der Waals surface area (Å²) in [6.07, 6.45) is 6.32. The molecule has 2 aliphatic rings. The summed E-state index contributed by atoms with van der Waals surface area (Å²) in [4.78, 5) is 35.7. The molecule has 2 aliphatic heterocycles. The van der Waals surface area contributed by atoms with Gasteiger partial charge in [0.15, 0.2) is 0 Å². The summed E-state index contributed by atoms with van der Waals surface area (Å²) in [6, 6.07) is 9.96. The molecule has 0 unspecified atom stereocenters. The number of hydrogen-bond donors (Lipinski definition) is 2. The summed E-state index contributed by atoms with van der Waals surface area (Å²) in [5.74, 6) is 0.247. The van der Waals surface area contributed by atoms with Crippen molar-refractivity contribution in [1.29, 1.82) is 5.26 Å². The van der Waals surface area contributed by atoms with Crippen LogP contribution in [0.25, 0.3) is 27.7 Å². The highest BCUT2D eigenvalue weighted by atomic mass is 16.6. The summed E-state index contributed by atoms with van der Waals surface area (Å²) in [6.45, 7) is 9.13. The molecule has 1 atom stereocenters. The van der Waals surface area contributed by atoms with Crippen molar-refractivity contribution in [2.24, 2.45) is 0 Å². The molecular weight excluding hydrogens is 534 g/mol. The zero-order chi connectivity index (χ0) is 30.0. The molecule has 4 heterocycles. The van der Waals surface area contributed by atoms with Crippen LogP contribution in [0.2, 0.25) is 0 Å². The minimum atomic E-state index is -1.01. The molecule has 0 radical (unpaired) electrons. The Morgan fingerprint density at radius 1 is 1.14 bits per heavy atom. The quantitative estimate of drug-likeness (QED) is 0.446. The molecule has 1 saturated heterocycles. The van der Waals surface area contributed by atoms with E-state index < -0.39 is 11.7 Å². The van der Waals surface area contributed by atoms with Crippen molar-refractivity contribution in [3.05, 3.63) is 53.9 Å². The van der Waals surface area contributed by atoms with Gasteiger partial charge in [0, 0.05) is 62.4 Å². The van der Waals surface area contributed by atoms with Crippen molar-refractivity contribution < 1.29 is 24.2 Å². The topological polar surface area (TPSA) is 132 Å². The van der Waals surface area contributed by atoms with E-state index in [9.17, 15) is 20.0 Å². The van der Waals surface area contributed by atoms with Gasteiger partial charge in [0.25, 0.3) is 5.91 Å². The van der Waals surface area contributed by atoms with E-state index in [0.717, 1.165) is 33.3 Å². The number of aliphatic hydroxyl groups is 1. The van der Waals surface area contributed by atoms with E-state index in [2.05, 4.69) is 22.1 Å². The second-order valence-corrected chi connectivity index (χ2v) is 11.9. The summed E-state index contributed by atoms with van der Waals surface area (Å²) in [5.41, 5.74) is 4.57. The van der Waals surface area contributed by atoms with Crippen molar-refractivity contribution in [2.45, 2.75) is 64.8 Å². The number of carbonyl (C=O) groups is 2. The molecule has 220 valence electrons. The molecule has 0 bridgehead atoms. The number of nitriles is 1. The molecule has 10 heteroatoms. The Bertz CT molecular complexity index is 1550. The fourth-order valence-corrected chi connectivity index (χ4v) is 5.37. The highest BCUT2D eigenvalue weighted by Gasteiger charge is 2.27. The Kier molecular flexibility index (Phi) is 8.23. The minimum Gasteiger partial charge on any atom is -0.489 e. The highest BCUT2D eigenvalue weighted by Crippen LogP contribution is 2.34. The first-order valence-corrected chi connectivity index (χ1v) is 14.3. The van der Waals surface area contributed by atoms with E-state index in [1.54, 1.807) is 9.80 Å². The number of rotatable bonds is 5. The number of likely N-dealkylation sites (tertiary alicyclic amines) is 1. The first-order chi connectivity index (χ1) is 20.0. The van der Waals surface area contributed by atoms with Gasteiger partial charge >= 0.3 is 6.09 Å². The number of aromatic nitrogens is 2. The van der Waals surface area contributed by atoms with Crippen LogP contribution in [0.3, 0.4) is 0 Å². The first kappa shape index (κ1) is 29.1. The lowest BCUT2D eigenvalue weighted by atomic mass is 9.98. The van der Waals surface area contributed by atoms with Gasteiger partial charge in [0.05, 0.1) is 5.56 Å². The Morgan fingerprint density at radius 2 is 1.90 bits per heavy atom. The maximum Gasteiger partial charge on any atom is 0.410 e. The van der Waals surface area contributed by atoms with Crippen molar-refractivity contribution >= 4 is 28.6 Å². The Balaban J connectivity index is 1.31. The number of nitrogens with zero attached hydrogens (tertiary/aromatic N) is 4. The molecule has 2 N–H and O–H groups in total. The Morgan fingerprint density at radius 3 is 2.55 bits per heavy atom. The Hall–Kier alpha value is -4.36. The maximum atomic E-state index is 12.4. The summed E-state index contributed by atoms with van der Waals surface area (Å²) in [7, 11) is 0. The van der Waals surface area contributed by atoms with Gasteiger partial charge in [-0.2, -0.15) is 5.26 Å². The standard InChI is InChI=1S/C32H37N5O5/c1-20(38)30(39)36-13-9-25(10-14-36)41-28-6-5-22(15-23(28)17-33)27-19-35-29-26(27)16-24(18-34-29)21-7-11-37(12-8-21)31(40)42-32(2,3)4/h5-7,15-16,18-20,25,38H,8-14H2,1-4H3,(H,34,35)/t20-/m0/s1. The molecule has 5 rings (SSSR count). The number of piperidine rings is 1. The van der Waals surface area contributed by atoms with E-state index in [0.29, 0.717) is 56.8 Å². The summed E-state index contributed by atoms with van der Waals surface area (Å²) < 4.78 is 11.7. The molecule has 0 aliphatic carbocycles. The van der Waals surface area contributed by atoms with Gasteiger partial charge in [-0.25, -0.2) is 9.78 Å². The molecule has 0 saturated carbocycles. The molecule has 2 aromatic heterocycles. The van der Waals surface area contributed by atoms with Gasteiger partial charge in [0.2, 0.25) is 0 Å². The van der Waals surface area contributed by atoms with Crippen LogP contribution in [0.1, 0.15) is 58.1 Å². The lowest BCUT2D eigenvalue weighted by molar-refractivity contribution is -0.141. The fourth-order valence-electron chi connectivity index (χ4n) is 5.37. The first-order valence-electron chi connectivity index (χ1n) is 14.3. The molecule has 0 spiro atoms. The molecule has 3 aromatic rings. The van der Waals surface area contributed by atoms with E-state index in [4.69, 9.17) is 9.47 Å². The van der Waals surface area contributed by atoms with Crippen LogP contribution in [0, 0.1) is 11.3 Å². The molecule has 1 aromatic carbocycles. The number of ether oxygens (including phenoxy) is 2. The molecular formula is C32H37N5O5. The van der Waals surface area contributed by atoms with Crippen LogP contribution in [0.5, 0.6) is 5.75 Å². The van der Waals surface area contributed by atoms with Crippen molar-refractivity contribution in [2.75, 3.05) is 26.2 Å². The van der Waals surface area contributed by atoms with Gasteiger partial charge < -0.3 is 29.4 Å². The van der Waals surface area contributed by atoms with Gasteiger partial charge in [-0.05, 0) is 69.0 Å². The number of fused-ring (bicyclic) bond motifs is 1. The number of aliphatic hydroxyl groups excluding tert-OH is 1. The van der Waals surface area contributed by atoms with Crippen LogP contribution in [0.4, 0.5) is 4.79 Å². The van der Waals surface area contributed by atoms with Gasteiger partial charge in [-0.1, -0.05) is 12.1 Å². The lowest BCUT2D eigenvalue weighted by Crippen LogP contribution is -2.45. The van der Waals surface area contributed by atoms with Crippen LogP contribution in [-0.4, -0.2) is 80.9 Å². The van der Waals surface area contributed by atoms with Gasteiger partial charge in [-0.15, -0.1) is 0 Å². The third-order valence-corrected chi connectivity index (χ3v) is 7.58. The zero-order valence-electron chi connectivity index (χ0n) is 24.5. The van der Waals surface area contributed by atoms with E-state index in [1.165, 1.54) is 6.92 Å². The van der Waals surface area contributed by atoms with Crippen molar-refractivity contribution in [3.63, 3.8) is 0 Å². The number of aromatic amines is 1. The highest BCUT2D eigenvalue weighted by molar-refractivity contribution is 5.95. The second-order valence-electron chi connectivity index (χ2n) is 11.9. The van der Waals surface area contributed by atoms with Crippen molar-refractivity contribution in [1.82, 2.24) is 19.8 Å². The lowest BCUT2D eigenvalue weighted by Gasteiger charge is -2.33. The van der Waals surface area contributed by atoms with E-state index in [1.807, 2.05) is 57.4 Å². The predicted octanol–water partition coefficient (Wildman–Crippen LogP) is 4.88. The second kappa shape index (κ2) is 11.9. The zero-order valence-corrected chi connectivity index (χ0v) is 24.5. The minimum absolute atomic E-state index is 0.115. The number of benzene rings is 1. The average Bonchev–Trinajstić information content (AvgIpc) is 3.40. The predicted molar refractivity (Wildman–Crippen MR) is 159 cm³/mol. The van der Waals surface area contributed by atoms with E-state index >= 15 is 0 Å². The SMILES string of the molecule is C[C@H](O)C(=O)N1CCC(Oc2ccc(-c3c[nH]c4ncc(C5=CCN(C(=O)OC(C)(C)C)CC5)cc34)cc2C#N)CC1. The van der Waals surface area contributed by atoms with Gasteiger partial charge in [0.1, 0.15) is 35.3 Å². The molecule has 1 fully saturated rings. The van der Waals surface area contributed by atoms with E-state index in [-0.39, 0.29) is 18.1 Å². The number of H-pyrrole nitrogens is 1. The monoisotopic (exact) mass is 571 g/mol. The van der Waals surface area contributed by atoms with Crippen LogP contribution >= 0.6 is 0 Å². The fraction of sp³-hybridized carbons (Fsp3) is 0.438. The largest absolute Gasteiger partial charge is 0.489 e. The number of nitrogens with one attached hydrogen (secondary N) is 1. The number of amides is 2. The molecule has 42 heavy (non-hydrogen) atoms. The molecule has 10 nitrogen and oxygen atoms in total. The van der Waals surface area contributed by atoms with Gasteiger partial charge in [-0.3, -0.25) is 4.79 Å².